The first-order valence-electron chi connectivity index (χ1n) is 13.6. The molecule has 1 saturated heterocycles. The Labute approximate surface area is 219 Å². The molecule has 9 unspecified atom stereocenters. The zero-order valence-corrected chi connectivity index (χ0v) is 21.9. The molecule has 11 heteroatoms. The molecule has 0 bridgehead atoms. The van der Waals surface area contributed by atoms with E-state index in [1.54, 1.807) is 6.07 Å². The average Bonchev–Trinajstić information content (AvgIpc) is 2.84. The molecule has 0 aromatic heterocycles. The minimum atomic E-state index is -4.20. The first-order chi connectivity index (χ1) is 18.0. The quantitative estimate of drug-likeness (QED) is 0.328. The Kier molecular flexibility index (Phi) is 11.1. The lowest BCUT2D eigenvalue weighted by Crippen LogP contribution is -2.53. The highest BCUT2D eigenvalue weighted by molar-refractivity contribution is 5.00. The van der Waals surface area contributed by atoms with Crippen LogP contribution in [0.2, 0.25) is 0 Å². The maximum atomic E-state index is 15.2. The van der Waals surface area contributed by atoms with Gasteiger partial charge >= 0.3 is 6.11 Å². The molecule has 0 amide bonds. The van der Waals surface area contributed by atoms with Crippen LogP contribution in [-0.2, 0) is 9.47 Å². The van der Waals surface area contributed by atoms with Gasteiger partial charge in [0.25, 0.3) is 0 Å². The molecule has 0 N–H and O–H groups in total. The summed E-state index contributed by atoms with van der Waals surface area (Å²) < 4.78 is 124. The minimum Gasteiger partial charge on any atom is -0.378 e. The Balaban J connectivity index is 0.00000195. The number of hydrogen-bond donors (Lipinski definition) is 0. The van der Waals surface area contributed by atoms with Crippen molar-refractivity contribution in [3.63, 3.8) is 0 Å². The van der Waals surface area contributed by atoms with E-state index in [4.69, 9.17) is 14.7 Å². The van der Waals surface area contributed by atoms with Crippen molar-refractivity contribution >= 4 is 0 Å². The molecule has 1 aliphatic heterocycles. The monoisotopic (exact) mass is 561 g/mol. The minimum absolute atomic E-state index is 0.0165. The van der Waals surface area contributed by atoms with Gasteiger partial charge in [-0.3, -0.25) is 4.39 Å². The number of nitriles is 1. The number of nitrogens with zero attached hydrogens (tertiary/aromatic N) is 1. The third kappa shape index (κ3) is 7.13. The van der Waals surface area contributed by atoms with Crippen LogP contribution >= 0.6 is 0 Å². The number of alkyl halides is 8. The van der Waals surface area contributed by atoms with Gasteiger partial charge in [-0.2, -0.15) is 14.0 Å². The standard InChI is InChI=1S/C26H36F7NO2.CH3F/c1-13-2-5-23(35-12-13)15-6-19(28)24(20(29)7-15)16-8-21(30)25(22(31)9-16)26(32,33)36-17-4-3-14(11-34)18(27)10-17;1-2/h13-25H,2-10,12H2,1H3;1H3. The molecule has 38 heavy (non-hydrogen) atoms. The van der Waals surface area contributed by atoms with Crippen molar-refractivity contribution in [3.05, 3.63) is 0 Å². The number of halogens is 8. The van der Waals surface area contributed by atoms with Crippen molar-refractivity contribution in [2.75, 3.05) is 13.8 Å². The Hall–Kier alpha value is -1.15. The molecule has 0 spiro atoms. The average molecular weight is 562 g/mol. The van der Waals surface area contributed by atoms with E-state index in [1.165, 1.54) is 0 Å². The van der Waals surface area contributed by atoms with Crippen LogP contribution in [0.3, 0.4) is 0 Å². The molecule has 3 saturated carbocycles. The Morgan fingerprint density at radius 2 is 1.34 bits per heavy atom. The maximum absolute atomic E-state index is 15.2. The molecule has 0 radical (unpaired) electrons. The van der Waals surface area contributed by atoms with Crippen LogP contribution < -0.4 is 0 Å². The van der Waals surface area contributed by atoms with Gasteiger partial charge in [0, 0.05) is 18.9 Å². The molecule has 3 aliphatic carbocycles. The lowest BCUT2D eigenvalue weighted by atomic mass is 9.65. The summed E-state index contributed by atoms with van der Waals surface area (Å²) in [6.45, 7) is 2.59. The van der Waals surface area contributed by atoms with Crippen molar-refractivity contribution in [2.45, 2.75) is 114 Å². The normalized spacial score (nSPS) is 46.4. The molecule has 0 aromatic rings. The highest BCUT2D eigenvalue weighted by atomic mass is 19.3. The van der Waals surface area contributed by atoms with E-state index in [0.29, 0.717) is 19.7 Å². The van der Waals surface area contributed by atoms with E-state index in [2.05, 4.69) is 0 Å². The van der Waals surface area contributed by atoms with Crippen LogP contribution in [0.15, 0.2) is 0 Å². The van der Waals surface area contributed by atoms with Crippen molar-refractivity contribution in [1.82, 2.24) is 0 Å². The fraction of sp³-hybridized carbons (Fsp3) is 0.963. The second-order valence-electron chi connectivity index (χ2n) is 11.6. The van der Waals surface area contributed by atoms with Gasteiger partial charge in [-0.1, -0.05) is 6.92 Å². The summed E-state index contributed by atoms with van der Waals surface area (Å²) in [4.78, 5) is 0. The van der Waals surface area contributed by atoms with Gasteiger partial charge < -0.3 is 9.47 Å². The lowest BCUT2D eigenvalue weighted by molar-refractivity contribution is -0.321. The van der Waals surface area contributed by atoms with E-state index in [0.717, 1.165) is 12.8 Å². The number of rotatable bonds is 5. The van der Waals surface area contributed by atoms with Gasteiger partial charge in [-0.25, -0.2) is 22.0 Å². The SMILES string of the molecule is CC1CCC(C2CC(F)C(C3CC(F)C(C(F)(F)OC4CCC(C#N)C(F)C4)C(F)C3)C(F)C2)OC1.CF. The predicted molar refractivity (Wildman–Crippen MR) is 125 cm³/mol. The summed E-state index contributed by atoms with van der Waals surface area (Å²) in [5, 5.41) is 8.88. The van der Waals surface area contributed by atoms with Crippen LogP contribution in [-0.4, -0.2) is 63.0 Å². The summed E-state index contributed by atoms with van der Waals surface area (Å²) in [6, 6.07) is 1.77. The molecule has 4 rings (SSSR count). The summed E-state index contributed by atoms with van der Waals surface area (Å²) in [5.74, 6) is -5.55. The van der Waals surface area contributed by atoms with E-state index < -0.39 is 86.0 Å². The van der Waals surface area contributed by atoms with E-state index in [9.17, 15) is 17.6 Å². The molecule has 4 aliphatic rings. The van der Waals surface area contributed by atoms with Gasteiger partial charge in [-0.15, -0.1) is 0 Å². The molecular formula is C27H39F8NO2. The summed E-state index contributed by atoms with van der Waals surface area (Å²) in [7, 11) is 0.500. The molecule has 3 nitrogen and oxygen atoms in total. The maximum Gasteiger partial charge on any atom is 0.364 e. The lowest BCUT2D eigenvalue weighted by Gasteiger charge is -2.46. The highest BCUT2D eigenvalue weighted by Gasteiger charge is 2.58. The largest absolute Gasteiger partial charge is 0.378 e. The van der Waals surface area contributed by atoms with Crippen molar-refractivity contribution in [1.29, 1.82) is 5.26 Å². The number of ether oxygens (including phenoxy) is 2. The third-order valence-electron chi connectivity index (χ3n) is 8.94. The van der Waals surface area contributed by atoms with Gasteiger partial charge in [0.1, 0.15) is 36.8 Å². The topological polar surface area (TPSA) is 42.2 Å². The highest BCUT2D eigenvalue weighted by Crippen LogP contribution is 2.50. The van der Waals surface area contributed by atoms with Crippen molar-refractivity contribution in [2.24, 2.45) is 35.5 Å². The summed E-state index contributed by atoms with van der Waals surface area (Å²) in [6.07, 6.45) is -15.2. The van der Waals surface area contributed by atoms with E-state index in [-0.39, 0.29) is 37.7 Å². The predicted octanol–water partition coefficient (Wildman–Crippen LogP) is 7.43. The smallest absolute Gasteiger partial charge is 0.364 e. The fourth-order valence-corrected chi connectivity index (χ4v) is 6.95. The molecule has 9 atom stereocenters. The van der Waals surface area contributed by atoms with Crippen LogP contribution in [0.25, 0.3) is 0 Å². The second-order valence-corrected chi connectivity index (χ2v) is 11.6. The zero-order chi connectivity index (χ0) is 28.2. The molecular weight excluding hydrogens is 522 g/mol. The van der Waals surface area contributed by atoms with Gasteiger partial charge in [0.15, 0.2) is 0 Å². The fourth-order valence-electron chi connectivity index (χ4n) is 6.95. The van der Waals surface area contributed by atoms with E-state index >= 15 is 17.6 Å². The molecule has 4 fully saturated rings. The first-order valence-corrected chi connectivity index (χ1v) is 13.6. The first kappa shape index (κ1) is 31.4. The van der Waals surface area contributed by atoms with E-state index in [1.807, 2.05) is 6.92 Å². The molecule has 1 heterocycles. The third-order valence-corrected chi connectivity index (χ3v) is 8.94. The summed E-state index contributed by atoms with van der Waals surface area (Å²) in [5.41, 5.74) is 0. The molecule has 220 valence electrons. The van der Waals surface area contributed by atoms with Crippen LogP contribution in [0.5, 0.6) is 0 Å². The van der Waals surface area contributed by atoms with Crippen LogP contribution in [0.4, 0.5) is 35.1 Å². The zero-order valence-electron chi connectivity index (χ0n) is 21.9. The Bertz CT molecular complexity index is 753. The van der Waals surface area contributed by atoms with Gasteiger partial charge in [-0.05, 0) is 69.1 Å². The second kappa shape index (κ2) is 13.5. The molecule has 0 aromatic carbocycles. The Morgan fingerprint density at radius 1 is 0.763 bits per heavy atom. The van der Waals surface area contributed by atoms with Gasteiger partial charge in [0.2, 0.25) is 0 Å². The van der Waals surface area contributed by atoms with Gasteiger partial charge in [0.05, 0.1) is 31.4 Å². The van der Waals surface area contributed by atoms with Crippen LogP contribution in [0, 0.1) is 46.8 Å². The van der Waals surface area contributed by atoms with Crippen molar-refractivity contribution in [3.8, 4) is 6.07 Å². The van der Waals surface area contributed by atoms with Crippen molar-refractivity contribution < 1.29 is 44.6 Å². The van der Waals surface area contributed by atoms with Crippen LogP contribution in [0.1, 0.15) is 64.7 Å². The Morgan fingerprint density at radius 3 is 1.84 bits per heavy atom. The number of hydrogen-bond acceptors (Lipinski definition) is 3. The summed E-state index contributed by atoms with van der Waals surface area (Å²) >= 11 is 0.